The van der Waals surface area contributed by atoms with Crippen LogP contribution >= 0.6 is 23.7 Å². The van der Waals surface area contributed by atoms with Crippen LogP contribution < -0.4 is 4.90 Å². The molecule has 7 nitrogen and oxygen atoms in total. The summed E-state index contributed by atoms with van der Waals surface area (Å²) in [4.78, 5) is 32.7. The van der Waals surface area contributed by atoms with Crippen molar-refractivity contribution in [1.82, 2.24) is 9.88 Å². The topological polar surface area (TPSA) is 79.6 Å². The fraction of sp³-hybridized carbons (Fsp3) is 0.333. The number of thiazole rings is 1. The summed E-state index contributed by atoms with van der Waals surface area (Å²) in [6.07, 6.45) is 0. The van der Waals surface area contributed by atoms with Crippen LogP contribution in [0.25, 0.3) is 10.2 Å². The fourth-order valence-corrected chi connectivity index (χ4v) is 4.25. The zero-order valence-electron chi connectivity index (χ0n) is 17.2. The van der Waals surface area contributed by atoms with Crippen LogP contribution in [0.15, 0.2) is 42.5 Å². The van der Waals surface area contributed by atoms with Crippen molar-refractivity contribution in [3.63, 3.8) is 0 Å². The Bertz CT molecular complexity index is 1040. The molecule has 0 N–H and O–H groups in total. The summed E-state index contributed by atoms with van der Waals surface area (Å²) in [6, 6.07) is 12.0. The molecule has 1 aromatic heterocycles. The van der Waals surface area contributed by atoms with E-state index < -0.39 is 10.8 Å². The van der Waals surface area contributed by atoms with Crippen molar-refractivity contribution >= 4 is 50.7 Å². The quantitative estimate of drug-likeness (QED) is 0.361. The van der Waals surface area contributed by atoms with E-state index in [4.69, 9.17) is 0 Å². The third kappa shape index (κ3) is 5.13. The van der Waals surface area contributed by atoms with Crippen molar-refractivity contribution in [2.75, 3.05) is 31.1 Å². The molecule has 0 radical (unpaired) electrons. The number of aryl methyl sites for hydroxylation is 1. The van der Waals surface area contributed by atoms with E-state index in [0.717, 1.165) is 28.9 Å². The number of likely N-dealkylation sites (N-methyl/N-ethyl adjacent to an activating group) is 1. The van der Waals surface area contributed by atoms with Gasteiger partial charge < -0.3 is 4.90 Å². The molecule has 160 valence electrons. The van der Waals surface area contributed by atoms with Crippen LogP contribution in [0, 0.1) is 17.0 Å². The number of nitro groups is 1. The average molecular weight is 449 g/mol. The molecule has 3 aromatic rings. The first-order valence-electron chi connectivity index (χ1n) is 9.59. The molecule has 0 saturated carbocycles. The highest BCUT2D eigenvalue weighted by Crippen LogP contribution is 2.31. The van der Waals surface area contributed by atoms with Gasteiger partial charge in [0.25, 0.3) is 11.6 Å². The summed E-state index contributed by atoms with van der Waals surface area (Å²) >= 11 is 1.43. The lowest BCUT2D eigenvalue weighted by Crippen LogP contribution is -2.39. The predicted octanol–water partition coefficient (Wildman–Crippen LogP) is 4.92. The van der Waals surface area contributed by atoms with Crippen molar-refractivity contribution in [3.8, 4) is 0 Å². The van der Waals surface area contributed by atoms with E-state index in [1.54, 1.807) is 17.0 Å². The lowest BCUT2D eigenvalue weighted by molar-refractivity contribution is -0.385. The second-order valence-electron chi connectivity index (χ2n) is 6.73. The number of nitrogens with zero attached hydrogens (tertiary/aromatic N) is 4. The molecule has 0 saturated heterocycles. The maximum atomic E-state index is 13.4. The highest BCUT2D eigenvalue weighted by atomic mass is 35.5. The number of hydrogen-bond donors (Lipinski definition) is 0. The van der Waals surface area contributed by atoms with Gasteiger partial charge in [0, 0.05) is 19.2 Å². The number of anilines is 1. The van der Waals surface area contributed by atoms with Crippen LogP contribution in [0.2, 0.25) is 0 Å². The molecule has 0 atom stereocenters. The smallest absolute Gasteiger partial charge is 0.282 e. The first kappa shape index (κ1) is 23.7. The molecule has 30 heavy (non-hydrogen) atoms. The van der Waals surface area contributed by atoms with E-state index in [9.17, 15) is 14.9 Å². The first-order valence-corrected chi connectivity index (χ1v) is 10.4. The third-order valence-electron chi connectivity index (χ3n) is 4.87. The minimum atomic E-state index is -0.516. The molecular weight excluding hydrogens is 424 g/mol. The molecule has 9 heteroatoms. The molecule has 0 aliphatic rings. The van der Waals surface area contributed by atoms with E-state index >= 15 is 0 Å². The molecule has 0 unspecified atom stereocenters. The first-order chi connectivity index (χ1) is 13.9. The largest absolute Gasteiger partial charge is 0.302 e. The molecule has 0 fully saturated rings. The number of hydrogen-bond acceptors (Lipinski definition) is 6. The number of aromatic nitrogens is 1. The number of nitro benzene ring substituents is 1. The number of fused-ring (bicyclic) bond motifs is 1. The molecule has 0 bridgehead atoms. The number of amides is 1. The third-order valence-corrected chi connectivity index (χ3v) is 5.92. The van der Waals surface area contributed by atoms with E-state index in [1.165, 1.54) is 23.5 Å². The molecule has 3 rings (SSSR count). The molecule has 0 spiro atoms. The minimum Gasteiger partial charge on any atom is -0.302 e. The Hall–Kier alpha value is -2.55. The minimum absolute atomic E-state index is 0. The van der Waals surface area contributed by atoms with Crippen molar-refractivity contribution in [1.29, 1.82) is 0 Å². The van der Waals surface area contributed by atoms with E-state index in [1.807, 2.05) is 25.1 Å². The molecule has 1 amide bonds. The van der Waals surface area contributed by atoms with Gasteiger partial charge in [-0.15, -0.1) is 12.4 Å². The van der Waals surface area contributed by atoms with Gasteiger partial charge in [-0.2, -0.15) is 0 Å². The van der Waals surface area contributed by atoms with E-state index in [2.05, 4.69) is 23.7 Å². The number of rotatable bonds is 8. The summed E-state index contributed by atoms with van der Waals surface area (Å²) in [5.74, 6) is -0.403. The van der Waals surface area contributed by atoms with Gasteiger partial charge in [0.2, 0.25) is 0 Å². The van der Waals surface area contributed by atoms with Gasteiger partial charge in [0.1, 0.15) is 5.56 Å². The Morgan fingerprint density at radius 1 is 1.13 bits per heavy atom. The zero-order chi connectivity index (χ0) is 21.0. The Kier molecular flexibility index (Phi) is 8.28. The monoisotopic (exact) mass is 448 g/mol. The van der Waals surface area contributed by atoms with Gasteiger partial charge in [-0.05, 0) is 43.8 Å². The second kappa shape index (κ2) is 10.5. The summed E-state index contributed by atoms with van der Waals surface area (Å²) < 4.78 is 0.989. The van der Waals surface area contributed by atoms with Gasteiger partial charge in [-0.1, -0.05) is 43.4 Å². The maximum Gasteiger partial charge on any atom is 0.282 e. The van der Waals surface area contributed by atoms with E-state index in [-0.39, 0.29) is 23.7 Å². The summed E-state index contributed by atoms with van der Waals surface area (Å²) in [6.45, 7) is 8.94. The van der Waals surface area contributed by atoms with Crippen LogP contribution in [0.5, 0.6) is 0 Å². The normalized spacial score (nSPS) is 10.8. The summed E-state index contributed by atoms with van der Waals surface area (Å²) in [5, 5.41) is 12.0. The Balaban J connectivity index is 0.00000320. The number of para-hydroxylation sites is 1. The van der Waals surface area contributed by atoms with Crippen molar-refractivity contribution in [2.45, 2.75) is 20.8 Å². The summed E-state index contributed by atoms with van der Waals surface area (Å²) in [5.41, 5.74) is 1.82. The van der Waals surface area contributed by atoms with E-state index in [0.29, 0.717) is 18.2 Å². The summed E-state index contributed by atoms with van der Waals surface area (Å²) in [7, 11) is 0. The standard InChI is InChI=1S/C21H24N4O3S.ClH/c1-4-23(5-2)12-13-24(20(26)16-8-6-7-9-18(16)25(27)28)21-22-17-11-10-15(3)14-19(17)29-21;/h6-11,14H,4-5,12-13H2,1-3H3;1H. The highest BCUT2D eigenvalue weighted by Gasteiger charge is 2.27. The Morgan fingerprint density at radius 2 is 1.83 bits per heavy atom. The lowest BCUT2D eigenvalue weighted by Gasteiger charge is -2.24. The van der Waals surface area contributed by atoms with Crippen LogP contribution in [0.1, 0.15) is 29.8 Å². The van der Waals surface area contributed by atoms with Gasteiger partial charge in [0.05, 0.1) is 15.1 Å². The highest BCUT2D eigenvalue weighted by molar-refractivity contribution is 7.22. The molecule has 0 aliphatic heterocycles. The van der Waals surface area contributed by atoms with Crippen LogP contribution in [0.4, 0.5) is 10.8 Å². The Labute approximate surface area is 185 Å². The molecular formula is C21H25ClN4O3S. The van der Waals surface area contributed by atoms with Gasteiger partial charge >= 0.3 is 0 Å². The molecule has 0 aliphatic carbocycles. The predicted molar refractivity (Wildman–Crippen MR) is 124 cm³/mol. The number of carbonyl (C=O) groups is 1. The molecule has 2 aromatic carbocycles. The zero-order valence-corrected chi connectivity index (χ0v) is 18.8. The molecule has 1 heterocycles. The van der Waals surface area contributed by atoms with Crippen LogP contribution in [-0.4, -0.2) is 46.9 Å². The van der Waals surface area contributed by atoms with Crippen LogP contribution in [-0.2, 0) is 0 Å². The number of carbonyl (C=O) groups excluding carboxylic acids is 1. The lowest BCUT2D eigenvalue weighted by atomic mass is 10.1. The van der Waals surface area contributed by atoms with Gasteiger partial charge in [-0.25, -0.2) is 4.98 Å². The number of benzene rings is 2. The average Bonchev–Trinajstić information content (AvgIpc) is 3.13. The van der Waals surface area contributed by atoms with Crippen molar-refractivity contribution < 1.29 is 9.72 Å². The number of halogens is 1. The fourth-order valence-electron chi connectivity index (χ4n) is 3.16. The van der Waals surface area contributed by atoms with Crippen molar-refractivity contribution in [3.05, 3.63) is 63.7 Å². The maximum absolute atomic E-state index is 13.4. The second-order valence-corrected chi connectivity index (χ2v) is 7.73. The SMILES string of the molecule is CCN(CC)CCN(C(=O)c1ccccc1[N+](=O)[O-])c1nc2ccc(C)cc2s1.Cl. The Morgan fingerprint density at radius 3 is 2.50 bits per heavy atom. The van der Waals surface area contributed by atoms with Gasteiger partial charge in [0.15, 0.2) is 5.13 Å². The van der Waals surface area contributed by atoms with Gasteiger partial charge in [-0.3, -0.25) is 19.8 Å². The van der Waals surface area contributed by atoms with Crippen molar-refractivity contribution in [2.24, 2.45) is 0 Å². The van der Waals surface area contributed by atoms with Crippen LogP contribution in [0.3, 0.4) is 0 Å².